The number of ether oxygens (including phenoxy) is 1. The van der Waals surface area contributed by atoms with Gasteiger partial charge in [0.25, 0.3) is 0 Å². The van der Waals surface area contributed by atoms with Crippen molar-refractivity contribution in [1.82, 2.24) is 0 Å². The number of aryl methyl sites for hydroxylation is 1. The first-order chi connectivity index (χ1) is 8.26. The maximum Gasteiger partial charge on any atom is 0.142 e. The Hall–Kier alpha value is -1.96. The highest BCUT2D eigenvalue weighted by Gasteiger charge is 2.08. The molecule has 2 nitrogen and oxygen atoms in total. The molecule has 0 spiro atoms. The second-order valence-corrected chi connectivity index (χ2v) is 3.98. The molecule has 0 aromatic heterocycles. The summed E-state index contributed by atoms with van der Waals surface area (Å²) >= 11 is 0. The monoisotopic (exact) mass is 227 g/mol. The van der Waals surface area contributed by atoms with E-state index < -0.39 is 0 Å². The molecule has 2 heteroatoms. The molecule has 2 aromatic rings. The molecule has 0 saturated carbocycles. The molecule has 0 unspecified atom stereocenters. The van der Waals surface area contributed by atoms with Gasteiger partial charge in [-0.15, -0.1) is 0 Å². The average Bonchev–Trinajstić information content (AvgIpc) is 2.39. The predicted molar refractivity (Wildman–Crippen MR) is 72.7 cm³/mol. The van der Waals surface area contributed by atoms with Crippen molar-refractivity contribution >= 4 is 5.69 Å². The van der Waals surface area contributed by atoms with Gasteiger partial charge < -0.3 is 10.1 Å². The van der Waals surface area contributed by atoms with Crippen molar-refractivity contribution in [2.45, 2.75) is 6.92 Å². The van der Waals surface area contributed by atoms with Crippen LogP contribution in [0.15, 0.2) is 42.5 Å². The van der Waals surface area contributed by atoms with Crippen molar-refractivity contribution in [2.75, 3.05) is 19.5 Å². The minimum atomic E-state index is 0.872. The molecular formula is C15H17NO. The molecule has 0 amide bonds. The first kappa shape index (κ1) is 11.5. The second-order valence-electron chi connectivity index (χ2n) is 3.98. The van der Waals surface area contributed by atoms with Crippen LogP contribution in [0.4, 0.5) is 5.69 Å². The van der Waals surface area contributed by atoms with Crippen molar-refractivity contribution in [3.8, 4) is 16.9 Å². The summed E-state index contributed by atoms with van der Waals surface area (Å²) in [6.45, 7) is 2.11. The number of benzene rings is 2. The fourth-order valence-corrected chi connectivity index (χ4v) is 1.98. The molecule has 0 fully saturated rings. The van der Waals surface area contributed by atoms with E-state index in [0.29, 0.717) is 0 Å². The Kier molecular flexibility index (Phi) is 3.33. The first-order valence-corrected chi connectivity index (χ1v) is 5.68. The molecule has 0 bridgehead atoms. The highest BCUT2D eigenvalue weighted by Crippen LogP contribution is 2.33. The first-order valence-electron chi connectivity index (χ1n) is 5.68. The van der Waals surface area contributed by atoms with E-state index >= 15 is 0 Å². The fraction of sp³-hybridized carbons (Fsp3) is 0.200. The minimum absolute atomic E-state index is 0.872. The smallest absolute Gasteiger partial charge is 0.142 e. The van der Waals surface area contributed by atoms with Gasteiger partial charge in [-0.1, -0.05) is 30.3 Å². The zero-order valence-electron chi connectivity index (χ0n) is 10.4. The van der Waals surface area contributed by atoms with E-state index in [-0.39, 0.29) is 0 Å². The quantitative estimate of drug-likeness (QED) is 0.863. The molecule has 2 aromatic carbocycles. The minimum Gasteiger partial charge on any atom is -0.495 e. The fourth-order valence-electron chi connectivity index (χ4n) is 1.98. The molecule has 1 N–H and O–H groups in total. The average molecular weight is 227 g/mol. The highest BCUT2D eigenvalue weighted by atomic mass is 16.5. The summed E-state index contributed by atoms with van der Waals surface area (Å²) in [5, 5.41) is 3.14. The Morgan fingerprint density at radius 1 is 1.06 bits per heavy atom. The lowest BCUT2D eigenvalue weighted by atomic mass is 9.99. The largest absolute Gasteiger partial charge is 0.495 e. The predicted octanol–water partition coefficient (Wildman–Crippen LogP) is 3.71. The van der Waals surface area contributed by atoms with E-state index in [4.69, 9.17) is 4.74 Å². The maximum atomic E-state index is 5.39. The molecule has 88 valence electrons. The molecule has 0 radical (unpaired) electrons. The molecule has 0 aliphatic rings. The zero-order chi connectivity index (χ0) is 12.3. The van der Waals surface area contributed by atoms with Crippen LogP contribution >= 0.6 is 0 Å². The van der Waals surface area contributed by atoms with Crippen LogP contribution in [0.2, 0.25) is 0 Å². The van der Waals surface area contributed by atoms with Crippen molar-refractivity contribution < 1.29 is 4.74 Å². The Morgan fingerprint density at radius 2 is 1.76 bits per heavy atom. The molecule has 0 saturated heterocycles. The van der Waals surface area contributed by atoms with Gasteiger partial charge in [0.05, 0.1) is 12.8 Å². The SMILES string of the molecule is CNc1cc(C)c(-c2ccccc2)cc1OC. The Labute approximate surface area is 102 Å². The van der Waals surface area contributed by atoms with E-state index in [1.165, 1.54) is 16.7 Å². The van der Waals surface area contributed by atoms with Crippen LogP contribution in [0.1, 0.15) is 5.56 Å². The van der Waals surface area contributed by atoms with Crippen LogP contribution in [0, 0.1) is 6.92 Å². The third-order valence-corrected chi connectivity index (χ3v) is 2.90. The van der Waals surface area contributed by atoms with Gasteiger partial charge in [-0.2, -0.15) is 0 Å². The third-order valence-electron chi connectivity index (χ3n) is 2.90. The summed E-state index contributed by atoms with van der Waals surface area (Å²) in [5.41, 5.74) is 4.68. The summed E-state index contributed by atoms with van der Waals surface area (Å²) in [4.78, 5) is 0. The van der Waals surface area contributed by atoms with Crippen LogP contribution in [0.5, 0.6) is 5.75 Å². The summed E-state index contributed by atoms with van der Waals surface area (Å²) in [7, 11) is 3.60. The van der Waals surface area contributed by atoms with Gasteiger partial charge in [0.15, 0.2) is 0 Å². The number of methoxy groups -OCH3 is 1. The third kappa shape index (κ3) is 2.26. The van der Waals surface area contributed by atoms with Crippen molar-refractivity contribution in [1.29, 1.82) is 0 Å². The Balaban J connectivity index is 2.56. The van der Waals surface area contributed by atoms with Crippen LogP contribution in [-0.2, 0) is 0 Å². The van der Waals surface area contributed by atoms with E-state index in [2.05, 4.69) is 36.5 Å². The van der Waals surface area contributed by atoms with Crippen LogP contribution in [0.25, 0.3) is 11.1 Å². The highest BCUT2D eigenvalue weighted by molar-refractivity contribution is 5.74. The number of anilines is 1. The molecule has 0 heterocycles. The summed E-state index contributed by atoms with van der Waals surface area (Å²) in [5.74, 6) is 0.872. The lowest BCUT2D eigenvalue weighted by Gasteiger charge is -2.13. The topological polar surface area (TPSA) is 21.3 Å². The van der Waals surface area contributed by atoms with Crippen molar-refractivity contribution in [3.63, 3.8) is 0 Å². The van der Waals surface area contributed by atoms with E-state index in [1.807, 2.05) is 25.2 Å². The van der Waals surface area contributed by atoms with Crippen LogP contribution < -0.4 is 10.1 Å². The molecule has 0 aliphatic heterocycles. The Bertz CT molecular complexity index is 506. The summed E-state index contributed by atoms with van der Waals surface area (Å²) in [6, 6.07) is 14.5. The standard InChI is InChI=1S/C15H17NO/c1-11-9-14(16-2)15(17-3)10-13(11)12-7-5-4-6-8-12/h4-10,16H,1-3H3. The number of hydrogen-bond donors (Lipinski definition) is 1. The van der Waals surface area contributed by atoms with Crippen molar-refractivity contribution in [2.24, 2.45) is 0 Å². The van der Waals surface area contributed by atoms with Gasteiger partial charge in [0.1, 0.15) is 5.75 Å². The molecule has 17 heavy (non-hydrogen) atoms. The lowest BCUT2D eigenvalue weighted by Crippen LogP contribution is -1.96. The number of rotatable bonds is 3. The molecule has 0 aliphatic carbocycles. The van der Waals surface area contributed by atoms with Gasteiger partial charge in [-0.25, -0.2) is 0 Å². The maximum absolute atomic E-state index is 5.39. The Morgan fingerprint density at radius 3 is 2.35 bits per heavy atom. The second kappa shape index (κ2) is 4.91. The van der Waals surface area contributed by atoms with E-state index in [1.54, 1.807) is 7.11 Å². The molecular weight excluding hydrogens is 210 g/mol. The molecule has 2 rings (SSSR count). The molecule has 0 atom stereocenters. The van der Waals surface area contributed by atoms with Crippen molar-refractivity contribution in [3.05, 3.63) is 48.0 Å². The summed E-state index contributed by atoms with van der Waals surface area (Å²) in [6.07, 6.45) is 0. The van der Waals surface area contributed by atoms with Crippen LogP contribution in [0.3, 0.4) is 0 Å². The van der Waals surface area contributed by atoms with E-state index in [9.17, 15) is 0 Å². The van der Waals surface area contributed by atoms with Gasteiger partial charge in [0, 0.05) is 7.05 Å². The van der Waals surface area contributed by atoms with Crippen LogP contribution in [-0.4, -0.2) is 14.2 Å². The van der Waals surface area contributed by atoms with Gasteiger partial charge >= 0.3 is 0 Å². The summed E-state index contributed by atoms with van der Waals surface area (Å²) < 4.78 is 5.39. The van der Waals surface area contributed by atoms with Gasteiger partial charge in [0.2, 0.25) is 0 Å². The van der Waals surface area contributed by atoms with E-state index in [0.717, 1.165) is 11.4 Å². The lowest BCUT2D eigenvalue weighted by molar-refractivity contribution is 0.417. The number of nitrogens with one attached hydrogen (secondary N) is 1. The zero-order valence-corrected chi connectivity index (χ0v) is 10.4. The number of hydrogen-bond acceptors (Lipinski definition) is 2. The van der Waals surface area contributed by atoms with Gasteiger partial charge in [-0.3, -0.25) is 0 Å². The normalized spacial score (nSPS) is 10.1. The van der Waals surface area contributed by atoms with Gasteiger partial charge in [-0.05, 0) is 35.7 Å².